The smallest absolute Gasteiger partial charge is 0.323 e. The van der Waals surface area contributed by atoms with Gasteiger partial charge < -0.3 is 15.3 Å². The van der Waals surface area contributed by atoms with Crippen LogP contribution in [0.5, 0.6) is 0 Å². The Morgan fingerprint density at radius 1 is 1.17 bits per heavy atom. The number of fused-ring (bicyclic) bond motifs is 1. The van der Waals surface area contributed by atoms with Gasteiger partial charge in [0.2, 0.25) is 5.91 Å². The predicted molar refractivity (Wildman–Crippen MR) is 99.8 cm³/mol. The SMILES string of the molecule is C[C@@H](SCc1ccc(Cl)cc1)C(=O)Nc1ccc2[nH]c(=O)[nH]c2c1. The second kappa shape index (κ2) is 7.15. The van der Waals surface area contributed by atoms with Crippen LogP contribution in [0.1, 0.15) is 12.5 Å². The van der Waals surface area contributed by atoms with Crippen molar-refractivity contribution in [1.29, 1.82) is 0 Å². The third-order valence-electron chi connectivity index (χ3n) is 3.57. The average molecular weight is 362 g/mol. The molecular formula is C17H16ClN3O2S. The molecule has 0 bridgehead atoms. The number of aromatic nitrogens is 2. The highest BCUT2D eigenvalue weighted by molar-refractivity contribution is 7.99. The number of amides is 1. The zero-order chi connectivity index (χ0) is 17.1. The number of nitrogens with one attached hydrogen (secondary N) is 3. The first-order chi connectivity index (χ1) is 11.5. The maximum absolute atomic E-state index is 12.3. The summed E-state index contributed by atoms with van der Waals surface area (Å²) >= 11 is 7.41. The third kappa shape index (κ3) is 4.01. The number of halogens is 1. The minimum Gasteiger partial charge on any atom is -0.325 e. The number of carbonyl (C=O) groups is 1. The van der Waals surface area contributed by atoms with Gasteiger partial charge in [0.15, 0.2) is 0 Å². The van der Waals surface area contributed by atoms with Gasteiger partial charge in [-0.05, 0) is 42.8 Å². The van der Waals surface area contributed by atoms with Crippen molar-refractivity contribution in [3.63, 3.8) is 0 Å². The lowest BCUT2D eigenvalue weighted by molar-refractivity contribution is -0.115. The van der Waals surface area contributed by atoms with E-state index in [1.54, 1.807) is 30.0 Å². The number of hydrogen-bond acceptors (Lipinski definition) is 3. The summed E-state index contributed by atoms with van der Waals surface area (Å²) in [5.41, 5.74) is 2.89. The van der Waals surface area contributed by atoms with Gasteiger partial charge in [-0.25, -0.2) is 4.79 Å². The summed E-state index contributed by atoms with van der Waals surface area (Å²) in [6, 6.07) is 12.9. The molecule has 0 spiro atoms. The number of carbonyl (C=O) groups excluding carboxylic acids is 1. The van der Waals surface area contributed by atoms with E-state index in [1.165, 1.54) is 0 Å². The molecule has 3 rings (SSSR count). The Hall–Kier alpha value is -2.18. The molecule has 0 saturated carbocycles. The van der Waals surface area contributed by atoms with Crippen LogP contribution in [0.15, 0.2) is 47.3 Å². The topological polar surface area (TPSA) is 77.8 Å². The standard InChI is InChI=1S/C17H16ClN3O2S/c1-10(24-9-11-2-4-12(18)5-3-11)16(22)19-13-6-7-14-15(8-13)21-17(23)20-14/h2-8,10H,9H2,1H3,(H,19,22)(H2,20,21,23)/t10-/m1/s1. The third-order valence-corrected chi connectivity index (χ3v) is 5.03. The number of thioether (sulfide) groups is 1. The molecule has 5 nitrogen and oxygen atoms in total. The lowest BCUT2D eigenvalue weighted by Crippen LogP contribution is -2.22. The van der Waals surface area contributed by atoms with Gasteiger partial charge in [-0.3, -0.25) is 4.79 Å². The summed E-state index contributed by atoms with van der Waals surface area (Å²) in [6.45, 7) is 1.87. The summed E-state index contributed by atoms with van der Waals surface area (Å²) in [7, 11) is 0. The Balaban J connectivity index is 1.60. The maximum Gasteiger partial charge on any atom is 0.323 e. The van der Waals surface area contributed by atoms with Gasteiger partial charge in [0.25, 0.3) is 0 Å². The Kier molecular flexibility index (Phi) is 4.97. The number of rotatable bonds is 5. The quantitative estimate of drug-likeness (QED) is 0.647. The van der Waals surface area contributed by atoms with E-state index in [2.05, 4.69) is 15.3 Å². The summed E-state index contributed by atoms with van der Waals surface area (Å²) in [4.78, 5) is 28.9. The zero-order valence-corrected chi connectivity index (χ0v) is 14.5. The highest BCUT2D eigenvalue weighted by Gasteiger charge is 2.14. The molecule has 0 fully saturated rings. The van der Waals surface area contributed by atoms with Gasteiger partial charge >= 0.3 is 5.69 Å². The van der Waals surface area contributed by atoms with Crippen molar-refractivity contribution in [3.05, 3.63) is 63.5 Å². The average Bonchev–Trinajstić information content (AvgIpc) is 2.93. The van der Waals surface area contributed by atoms with Crippen molar-refractivity contribution in [2.45, 2.75) is 17.9 Å². The van der Waals surface area contributed by atoms with E-state index in [-0.39, 0.29) is 16.8 Å². The van der Waals surface area contributed by atoms with E-state index in [1.807, 2.05) is 31.2 Å². The summed E-state index contributed by atoms with van der Waals surface area (Å²) in [5.74, 6) is 0.654. The molecule has 2 aromatic carbocycles. The minimum absolute atomic E-state index is 0.0776. The molecule has 1 amide bonds. The fraction of sp³-hybridized carbons (Fsp3) is 0.176. The Labute approximate surface area is 147 Å². The molecule has 0 aliphatic rings. The van der Waals surface area contributed by atoms with Crippen molar-refractivity contribution < 1.29 is 4.79 Å². The van der Waals surface area contributed by atoms with Gasteiger partial charge in [0, 0.05) is 16.5 Å². The molecule has 0 saturated heterocycles. The van der Waals surface area contributed by atoms with E-state index in [4.69, 9.17) is 11.6 Å². The molecular weight excluding hydrogens is 346 g/mol. The van der Waals surface area contributed by atoms with E-state index in [0.717, 1.165) is 11.3 Å². The van der Waals surface area contributed by atoms with Crippen LogP contribution < -0.4 is 11.0 Å². The number of aromatic amines is 2. The molecule has 1 aromatic heterocycles. The molecule has 24 heavy (non-hydrogen) atoms. The summed E-state index contributed by atoms with van der Waals surface area (Å²) in [6.07, 6.45) is 0. The Bertz CT molecular complexity index is 917. The van der Waals surface area contributed by atoms with E-state index in [9.17, 15) is 9.59 Å². The molecule has 3 aromatic rings. The minimum atomic E-state index is -0.264. The van der Waals surface area contributed by atoms with Crippen molar-refractivity contribution in [3.8, 4) is 0 Å². The number of anilines is 1. The van der Waals surface area contributed by atoms with Gasteiger partial charge in [0.05, 0.1) is 16.3 Å². The maximum atomic E-state index is 12.3. The Morgan fingerprint density at radius 2 is 1.88 bits per heavy atom. The van der Waals surface area contributed by atoms with E-state index < -0.39 is 0 Å². The lowest BCUT2D eigenvalue weighted by atomic mass is 10.2. The summed E-state index contributed by atoms with van der Waals surface area (Å²) in [5, 5.41) is 3.37. The number of imidazole rings is 1. The molecule has 0 aliphatic heterocycles. The van der Waals surface area contributed by atoms with Crippen molar-refractivity contribution in [2.24, 2.45) is 0 Å². The molecule has 124 valence electrons. The normalized spacial score (nSPS) is 12.2. The van der Waals surface area contributed by atoms with Crippen LogP contribution in [0.4, 0.5) is 5.69 Å². The molecule has 0 unspecified atom stereocenters. The van der Waals surface area contributed by atoms with Crippen LogP contribution >= 0.6 is 23.4 Å². The second-order valence-electron chi connectivity index (χ2n) is 5.41. The fourth-order valence-electron chi connectivity index (χ4n) is 2.23. The molecule has 3 N–H and O–H groups in total. The summed E-state index contributed by atoms with van der Waals surface area (Å²) < 4.78 is 0. The first-order valence-electron chi connectivity index (χ1n) is 7.40. The highest BCUT2D eigenvalue weighted by Crippen LogP contribution is 2.21. The fourth-order valence-corrected chi connectivity index (χ4v) is 3.20. The van der Waals surface area contributed by atoms with Crippen LogP contribution in [0.25, 0.3) is 11.0 Å². The van der Waals surface area contributed by atoms with Crippen LogP contribution in [0.2, 0.25) is 5.02 Å². The van der Waals surface area contributed by atoms with Crippen LogP contribution in [0.3, 0.4) is 0 Å². The molecule has 1 heterocycles. The molecule has 0 radical (unpaired) electrons. The largest absolute Gasteiger partial charge is 0.325 e. The molecule has 7 heteroatoms. The van der Waals surface area contributed by atoms with E-state index >= 15 is 0 Å². The number of H-pyrrole nitrogens is 2. The van der Waals surface area contributed by atoms with Gasteiger partial charge in [0.1, 0.15) is 0 Å². The Morgan fingerprint density at radius 3 is 2.62 bits per heavy atom. The second-order valence-corrected chi connectivity index (χ2v) is 7.17. The first kappa shape index (κ1) is 16.7. The van der Waals surface area contributed by atoms with Gasteiger partial charge in [-0.2, -0.15) is 0 Å². The van der Waals surface area contributed by atoms with E-state index in [0.29, 0.717) is 21.7 Å². The molecule has 0 aliphatic carbocycles. The monoisotopic (exact) mass is 361 g/mol. The van der Waals surface area contributed by atoms with Crippen LogP contribution in [-0.2, 0) is 10.5 Å². The highest BCUT2D eigenvalue weighted by atomic mass is 35.5. The van der Waals surface area contributed by atoms with Crippen molar-refractivity contribution in [2.75, 3.05) is 5.32 Å². The van der Waals surface area contributed by atoms with Crippen molar-refractivity contribution >= 4 is 46.0 Å². The van der Waals surface area contributed by atoms with Gasteiger partial charge in [-0.15, -0.1) is 11.8 Å². The molecule has 1 atom stereocenters. The van der Waals surface area contributed by atoms with Crippen molar-refractivity contribution in [1.82, 2.24) is 9.97 Å². The number of benzene rings is 2. The zero-order valence-electron chi connectivity index (χ0n) is 12.9. The van der Waals surface area contributed by atoms with Crippen LogP contribution in [0, 0.1) is 0 Å². The van der Waals surface area contributed by atoms with Crippen LogP contribution in [-0.4, -0.2) is 21.1 Å². The number of hydrogen-bond donors (Lipinski definition) is 3. The predicted octanol–water partition coefficient (Wildman–Crippen LogP) is 3.77. The lowest BCUT2D eigenvalue weighted by Gasteiger charge is -2.12. The van der Waals surface area contributed by atoms with Gasteiger partial charge in [-0.1, -0.05) is 23.7 Å². The first-order valence-corrected chi connectivity index (χ1v) is 8.83.